The summed E-state index contributed by atoms with van der Waals surface area (Å²) in [5.74, 6) is 0.346. The minimum Gasteiger partial charge on any atom is -0.497 e. The molecule has 114 valence electrons. The highest BCUT2D eigenvalue weighted by molar-refractivity contribution is 5.88. The highest BCUT2D eigenvalue weighted by Crippen LogP contribution is 2.29. The van der Waals surface area contributed by atoms with Crippen LogP contribution in [0.15, 0.2) is 42.5 Å². The van der Waals surface area contributed by atoms with Gasteiger partial charge in [0.1, 0.15) is 5.75 Å². The Morgan fingerprint density at radius 1 is 1.04 bits per heavy atom. The minimum absolute atomic E-state index is 0.166. The van der Waals surface area contributed by atoms with Gasteiger partial charge in [-0.1, -0.05) is 0 Å². The van der Waals surface area contributed by atoms with Crippen molar-refractivity contribution in [3.05, 3.63) is 53.8 Å². The van der Waals surface area contributed by atoms with Crippen LogP contribution in [0.4, 0.5) is 4.39 Å². The molecular formula is C18H13FN2O2. The number of hydrogen-bond acceptors (Lipinski definition) is 4. The number of fused-ring (bicyclic) bond motifs is 1. The Bertz CT molecular complexity index is 932. The average Bonchev–Trinajstić information content (AvgIpc) is 2.60. The van der Waals surface area contributed by atoms with Gasteiger partial charge in [0.2, 0.25) is 0 Å². The standard InChI is InChI=1S/C18H13FN2O2/c1-22-13-4-5-16-14(9-13)12(10-20)8-17(21-16)11-3-6-18(23-2)15(19)7-11/h3-9H,1-2H3. The van der Waals surface area contributed by atoms with Crippen LogP contribution < -0.4 is 9.47 Å². The van der Waals surface area contributed by atoms with Crippen LogP contribution in [0.2, 0.25) is 0 Å². The lowest BCUT2D eigenvalue weighted by Crippen LogP contribution is -1.93. The van der Waals surface area contributed by atoms with Crippen LogP contribution in [0, 0.1) is 17.1 Å². The van der Waals surface area contributed by atoms with Gasteiger partial charge in [0.25, 0.3) is 0 Å². The zero-order valence-electron chi connectivity index (χ0n) is 12.6. The molecule has 5 heteroatoms. The van der Waals surface area contributed by atoms with Gasteiger partial charge in [-0.05, 0) is 42.5 Å². The molecule has 2 aromatic carbocycles. The first-order valence-electron chi connectivity index (χ1n) is 6.89. The molecule has 0 aliphatic carbocycles. The molecular weight excluding hydrogens is 295 g/mol. The number of ether oxygens (including phenoxy) is 2. The van der Waals surface area contributed by atoms with Crippen LogP contribution >= 0.6 is 0 Å². The van der Waals surface area contributed by atoms with Crippen LogP contribution in [-0.2, 0) is 0 Å². The van der Waals surface area contributed by atoms with E-state index in [-0.39, 0.29) is 5.75 Å². The summed E-state index contributed by atoms with van der Waals surface area (Å²) in [5.41, 5.74) is 2.22. The Hall–Kier alpha value is -3.13. The van der Waals surface area contributed by atoms with Crippen molar-refractivity contribution < 1.29 is 13.9 Å². The molecule has 23 heavy (non-hydrogen) atoms. The second-order valence-electron chi connectivity index (χ2n) is 4.90. The molecule has 0 N–H and O–H groups in total. The molecule has 0 saturated heterocycles. The van der Waals surface area contributed by atoms with Crippen LogP contribution in [0.1, 0.15) is 5.56 Å². The van der Waals surface area contributed by atoms with E-state index in [1.54, 1.807) is 37.4 Å². The molecule has 0 atom stereocenters. The lowest BCUT2D eigenvalue weighted by Gasteiger charge is -2.08. The van der Waals surface area contributed by atoms with Crippen molar-refractivity contribution in [3.63, 3.8) is 0 Å². The number of nitrogens with zero attached hydrogens (tertiary/aromatic N) is 2. The quantitative estimate of drug-likeness (QED) is 0.735. The molecule has 3 aromatic rings. The molecule has 0 spiro atoms. The Balaban J connectivity index is 2.19. The zero-order valence-corrected chi connectivity index (χ0v) is 12.6. The first-order chi connectivity index (χ1) is 11.2. The molecule has 4 nitrogen and oxygen atoms in total. The summed E-state index contributed by atoms with van der Waals surface area (Å²) < 4.78 is 24.0. The number of pyridine rings is 1. The maximum Gasteiger partial charge on any atom is 0.165 e. The third-order valence-corrected chi connectivity index (χ3v) is 3.58. The maximum absolute atomic E-state index is 13.9. The van der Waals surface area contributed by atoms with Crippen molar-refractivity contribution in [2.24, 2.45) is 0 Å². The first-order valence-corrected chi connectivity index (χ1v) is 6.89. The van der Waals surface area contributed by atoms with Crippen LogP contribution in [0.3, 0.4) is 0 Å². The molecule has 3 rings (SSSR count). The second-order valence-corrected chi connectivity index (χ2v) is 4.90. The number of nitriles is 1. The van der Waals surface area contributed by atoms with Crippen molar-refractivity contribution in [1.29, 1.82) is 5.26 Å². The smallest absolute Gasteiger partial charge is 0.165 e. The third-order valence-electron chi connectivity index (χ3n) is 3.58. The number of hydrogen-bond donors (Lipinski definition) is 0. The van der Waals surface area contributed by atoms with Crippen molar-refractivity contribution in [2.45, 2.75) is 0 Å². The monoisotopic (exact) mass is 308 g/mol. The van der Waals surface area contributed by atoms with E-state index in [0.717, 1.165) is 0 Å². The van der Waals surface area contributed by atoms with Crippen LogP contribution in [-0.4, -0.2) is 19.2 Å². The number of methoxy groups -OCH3 is 2. The maximum atomic E-state index is 13.9. The van der Waals surface area contributed by atoms with Gasteiger partial charge < -0.3 is 9.47 Å². The van der Waals surface area contributed by atoms with E-state index in [0.29, 0.717) is 33.5 Å². The highest BCUT2D eigenvalue weighted by atomic mass is 19.1. The number of halogens is 1. The lowest BCUT2D eigenvalue weighted by atomic mass is 10.0. The van der Waals surface area contributed by atoms with Gasteiger partial charge in [-0.15, -0.1) is 0 Å². The molecule has 1 heterocycles. The predicted octanol–water partition coefficient (Wildman–Crippen LogP) is 3.93. The van der Waals surface area contributed by atoms with Gasteiger partial charge in [-0.25, -0.2) is 9.37 Å². The molecule has 0 fully saturated rings. The largest absolute Gasteiger partial charge is 0.497 e. The third kappa shape index (κ3) is 2.67. The summed E-state index contributed by atoms with van der Waals surface area (Å²) in [6.07, 6.45) is 0. The summed E-state index contributed by atoms with van der Waals surface area (Å²) in [5, 5.41) is 10.1. The first kappa shape index (κ1) is 14.8. The molecule has 1 aromatic heterocycles. The summed E-state index contributed by atoms with van der Waals surface area (Å²) in [7, 11) is 2.97. The van der Waals surface area contributed by atoms with Gasteiger partial charge in [0.15, 0.2) is 11.6 Å². The fourth-order valence-corrected chi connectivity index (χ4v) is 2.40. The van der Waals surface area contributed by atoms with Gasteiger partial charge in [-0.3, -0.25) is 0 Å². The molecule has 0 bridgehead atoms. The van der Waals surface area contributed by atoms with Crippen molar-refractivity contribution in [1.82, 2.24) is 4.98 Å². The Morgan fingerprint density at radius 3 is 2.52 bits per heavy atom. The molecule has 0 radical (unpaired) electrons. The molecule has 0 amide bonds. The molecule has 0 aliphatic heterocycles. The molecule has 0 aliphatic rings. The van der Waals surface area contributed by atoms with Crippen LogP contribution in [0.5, 0.6) is 11.5 Å². The van der Waals surface area contributed by atoms with Crippen LogP contribution in [0.25, 0.3) is 22.2 Å². The summed E-state index contributed by atoms with van der Waals surface area (Å²) >= 11 is 0. The summed E-state index contributed by atoms with van der Waals surface area (Å²) in [6.45, 7) is 0. The minimum atomic E-state index is -0.472. The van der Waals surface area contributed by atoms with E-state index in [1.807, 2.05) is 0 Å². The van der Waals surface area contributed by atoms with Gasteiger partial charge in [0.05, 0.1) is 37.1 Å². The average molecular weight is 308 g/mol. The number of rotatable bonds is 3. The molecule has 0 unspecified atom stereocenters. The SMILES string of the molecule is COc1ccc2nc(-c3ccc(OC)c(F)c3)cc(C#N)c2c1. The normalized spacial score (nSPS) is 10.3. The van der Waals surface area contributed by atoms with Crippen molar-refractivity contribution in [2.75, 3.05) is 14.2 Å². The Morgan fingerprint density at radius 2 is 1.87 bits per heavy atom. The topological polar surface area (TPSA) is 55.1 Å². The van der Waals surface area contributed by atoms with Gasteiger partial charge >= 0.3 is 0 Å². The van der Waals surface area contributed by atoms with E-state index in [9.17, 15) is 9.65 Å². The van der Waals surface area contributed by atoms with Gasteiger partial charge in [-0.2, -0.15) is 5.26 Å². The predicted molar refractivity (Wildman–Crippen MR) is 85.0 cm³/mol. The summed E-state index contributed by atoms with van der Waals surface area (Å²) in [6, 6.07) is 13.7. The zero-order chi connectivity index (χ0) is 16.4. The fourth-order valence-electron chi connectivity index (χ4n) is 2.40. The highest BCUT2D eigenvalue weighted by Gasteiger charge is 2.11. The van der Waals surface area contributed by atoms with E-state index in [2.05, 4.69) is 11.1 Å². The van der Waals surface area contributed by atoms with Gasteiger partial charge in [0, 0.05) is 10.9 Å². The summed E-state index contributed by atoms with van der Waals surface area (Å²) in [4.78, 5) is 4.51. The van der Waals surface area contributed by atoms with E-state index in [4.69, 9.17) is 9.47 Å². The number of benzene rings is 2. The lowest BCUT2D eigenvalue weighted by molar-refractivity contribution is 0.386. The second kappa shape index (κ2) is 5.93. The number of aromatic nitrogens is 1. The van der Waals surface area contributed by atoms with E-state index in [1.165, 1.54) is 19.2 Å². The van der Waals surface area contributed by atoms with Crippen molar-refractivity contribution >= 4 is 10.9 Å². The Kier molecular flexibility index (Phi) is 3.82. The van der Waals surface area contributed by atoms with E-state index >= 15 is 0 Å². The fraction of sp³-hybridized carbons (Fsp3) is 0.111. The van der Waals surface area contributed by atoms with E-state index < -0.39 is 5.82 Å². The Labute approximate surface area is 132 Å². The molecule has 0 saturated carbocycles. The van der Waals surface area contributed by atoms with Crippen molar-refractivity contribution in [3.8, 4) is 28.8 Å².